The minimum Gasteiger partial charge on any atom is -0.493 e. The van der Waals surface area contributed by atoms with E-state index in [1.807, 2.05) is 0 Å². The van der Waals surface area contributed by atoms with Crippen molar-refractivity contribution >= 4 is 28.2 Å². The minimum atomic E-state index is -0.430. The van der Waals surface area contributed by atoms with Gasteiger partial charge in [-0.1, -0.05) is 27.2 Å². The summed E-state index contributed by atoms with van der Waals surface area (Å²) in [6.45, 7) is 6.81. The Morgan fingerprint density at radius 3 is 2.24 bits per heavy atom. The van der Waals surface area contributed by atoms with E-state index in [1.54, 1.807) is 12.1 Å². The van der Waals surface area contributed by atoms with Gasteiger partial charge in [-0.3, -0.25) is 4.79 Å². The molecule has 1 heterocycles. The molecule has 33 heavy (non-hydrogen) atoms. The number of methoxy groups -OCH3 is 4. The zero-order valence-corrected chi connectivity index (χ0v) is 21.2. The predicted molar refractivity (Wildman–Crippen MR) is 129 cm³/mol. The molecule has 1 unspecified atom stereocenters. The topological polar surface area (TPSA) is 83.1 Å². The first-order chi connectivity index (χ1) is 15.7. The van der Waals surface area contributed by atoms with Crippen molar-refractivity contribution in [2.75, 3.05) is 33.8 Å². The Morgan fingerprint density at radius 2 is 1.73 bits per heavy atom. The van der Waals surface area contributed by atoms with Gasteiger partial charge in [0.1, 0.15) is 5.00 Å². The summed E-state index contributed by atoms with van der Waals surface area (Å²) in [7, 11) is 5.86. The van der Waals surface area contributed by atoms with E-state index in [2.05, 4.69) is 26.1 Å². The molecule has 1 aromatic carbocycles. The summed E-state index contributed by atoms with van der Waals surface area (Å²) in [6, 6.07) is 3.17. The molecular weight excluding hydrogens is 442 g/mol. The van der Waals surface area contributed by atoms with Crippen LogP contribution in [0.2, 0.25) is 0 Å². The number of carbonyl (C=O) groups is 2. The summed E-state index contributed by atoms with van der Waals surface area (Å²) in [5, 5.41) is 3.45. The number of hydrogen-bond acceptors (Lipinski definition) is 7. The van der Waals surface area contributed by atoms with E-state index in [-0.39, 0.29) is 11.3 Å². The summed E-state index contributed by atoms with van der Waals surface area (Å²) in [6.07, 6.45) is 3.79. The Hall–Kier alpha value is -2.74. The highest BCUT2D eigenvalue weighted by Gasteiger charge is 2.35. The van der Waals surface area contributed by atoms with Crippen LogP contribution in [0, 0.1) is 11.3 Å². The highest BCUT2D eigenvalue weighted by molar-refractivity contribution is 7.17. The summed E-state index contributed by atoms with van der Waals surface area (Å²) in [5.41, 5.74) is 2.00. The summed E-state index contributed by atoms with van der Waals surface area (Å²) in [5.74, 6) is 0.890. The Bertz CT molecular complexity index is 1020. The fourth-order valence-electron chi connectivity index (χ4n) is 4.34. The quantitative estimate of drug-likeness (QED) is 0.518. The number of ether oxygens (including phenoxy) is 4. The third-order valence-corrected chi connectivity index (χ3v) is 7.99. The Labute approximate surface area is 199 Å². The second-order valence-corrected chi connectivity index (χ2v) is 9.95. The SMILES string of the molecule is CCC(C)(C)C1CCc2c(sc(NC(=O)c3cc(OC)c(OC)c(OC)c3)c2C(=O)OC)C1. The van der Waals surface area contributed by atoms with E-state index in [0.29, 0.717) is 39.3 Å². The van der Waals surface area contributed by atoms with Gasteiger partial charge in [0, 0.05) is 10.4 Å². The molecule has 0 bridgehead atoms. The maximum absolute atomic E-state index is 13.2. The van der Waals surface area contributed by atoms with Gasteiger partial charge in [0.05, 0.1) is 34.0 Å². The molecule has 0 saturated heterocycles. The van der Waals surface area contributed by atoms with E-state index in [9.17, 15) is 9.59 Å². The molecule has 0 fully saturated rings. The first kappa shape index (κ1) is 24.9. The van der Waals surface area contributed by atoms with Gasteiger partial charge in [0.2, 0.25) is 5.75 Å². The van der Waals surface area contributed by atoms with Crippen LogP contribution in [0.5, 0.6) is 17.2 Å². The van der Waals surface area contributed by atoms with Crippen molar-refractivity contribution in [3.8, 4) is 17.2 Å². The van der Waals surface area contributed by atoms with Crippen LogP contribution in [0.4, 0.5) is 5.00 Å². The summed E-state index contributed by atoms with van der Waals surface area (Å²) in [4.78, 5) is 27.0. The maximum Gasteiger partial charge on any atom is 0.341 e. The molecule has 1 N–H and O–H groups in total. The van der Waals surface area contributed by atoms with Gasteiger partial charge in [-0.15, -0.1) is 11.3 Å². The number of benzene rings is 1. The van der Waals surface area contributed by atoms with Crippen LogP contribution in [0.1, 0.15) is 64.8 Å². The zero-order valence-electron chi connectivity index (χ0n) is 20.4. The second kappa shape index (κ2) is 10.0. The fraction of sp³-hybridized carbons (Fsp3) is 0.520. The van der Waals surface area contributed by atoms with Gasteiger partial charge in [-0.25, -0.2) is 4.79 Å². The standard InChI is InChI=1S/C25H33NO6S/c1-8-25(2,3)15-9-10-16-19(13-15)33-23(20(16)24(28)32-7)26-22(27)14-11-17(29-4)21(31-6)18(12-14)30-5/h11-12,15H,8-10,13H2,1-7H3,(H,26,27). The first-order valence-corrected chi connectivity index (χ1v) is 11.9. The van der Waals surface area contributed by atoms with Crippen molar-refractivity contribution in [3.05, 3.63) is 33.7 Å². The molecule has 1 aliphatic carbocycles. The largest absolute Gasteiger partial charge is 0.493 e. The van der Waals surface area contributed by atoms with Gasteiger partial charge in [0.15, 0.2) is 11.5 Å². The molecule has 180 valence electrons. The number of rotatable bonds is 8. The lowest BCUT2D eigenvalue weighted by Crippen LogP contribution is -2.28. The van der Waals surface area contributed by atoms with Crippen molar-refractivity contribution in [1.29, 1.82) is 0 Å². The van der Waals surface area contributed by atoms with Crippen molar-refractivity contribution in [2.24, 2.45) is 11.3 Å². The Kier molecular flexibility index (Phi) is 7.57. The molecule has 3 rings (SSSR count). The monoisotopic (exact) mass is 475 g/mol. The molecule has 1 atom stereocenters. The van der Waals surface area contributed by atoms with Crippen molar-refractivity contribution in [2.45, 2.75) is 46.5 Å². The smallest absolute Gasteiger partial charge is 0.341 e. The third-order valence-electron chi connectivity index (χ3n) is 6.83. The van der Waals surface area contributed by atoms with E-state index in [0.717, 1.165) is 36.1 Å². The van der Waals surface area contributed by atoms with E-state index >= 15 is 0 Å². The highest BCUT2D eigenvalue weighted by atomic mass is 32.1. The van der Waals surface area contributed by atoms with Crippen molar-refractivity contribution in [3.63, 3.8) is 0 Å². The summed E-state index contributed by atoms with van der Waals surface area (Å²) >= 11 is 1.47. The lowest BCUT2D eigenvalue weighted by atomic mass is 9.69. The van der Waals surface area contributed by atoms with E-state index in [1.165, 1.54) is 39.8 Å². The molecular formula is C25H33NO6S. The van der Waals surface area contributed by atoms with E-state index < -0.39 is 5.97 Å². The van der Waals surface area contributed by atoms with Crippen LogP contribution in [-0.4, -0.2) is 40.3 Å². The van der Waals surface area contributed by atoms with Crippen LogP contribution in [-0.2, 0) is 17.6 Å². The number of nitrogens with one attached hydrogen (secondary N) is 1. The molecule has 1 aliphatic rings. The molecule has 1 amide bonds. The lowest BCUT2D eigenvalue weighted by molar-refractivity contribution is 0.0600. The van der Waals surface area contributed by atoms with Gasteiger partial charge >= 0.3 is 5.97 Å². The molecule has 0 saturated carbocycles. The predicted octanol–water partition coefficient (Wildman–Crippen LogP) is 5.35. The van der Waals surface area contributed by atoms with Gasteiger partial charge in [-0.05, 0) is 48.3 Å². The number of carbonyl (C=O) groups excluding carboxylic acids is 2. The number of anilines is 1. The van der Waals surface area contributed by atoms with E-state index in [4.69, 9.17) is 18.9 Å². The fourth-order valence-corrected chi connectivity index (χ4v) is 5.65. The van der Waals surface area contributed by atoms with Crippen LogP contribution >= 0.6 is 11.3 Å². The second-order valence-electron chi connectivity index (χ2n) is 8.85. The number of amides is 1. The van der Waals surface area contributed by atoms with Gasteiger partial charge in [-0.2, -0.15) is 0 Å². The van der Waals surface area contributed by atoms with Crippen LogP contribution in [0.3, 0.4) is 0 Å². The molecule has 7 nitrogen and oxygen atoms in total. The van der Waals surface area contributed by atoms with Crippen LogP contribution in [0.25, 0.3) is 0 Å². The number of hydrogen-bond donors (Lipinski definition) is 1. The lowest BCUT2D eigenvalue weighted by Gasteiger charge is -2.36. The van der Waals surface area contributed by atoms with Crippen molar-refractivity contribution in [1.82, 2.24) is 0 Å². The Balaban J connectivity index is 1.97. The molecule has 0 spiro atoms. The molecule has 1 aromatic heterocycles. The normalized spacial score (nSPS) is 15.4. The van der Waals surface area contributed by atoms with Gasteiger partial charge < -0.3 is 24.3 Å². The molecule has 0 radical (unpaired) electrons. The number of fused-ring (bicyclic) bond motifs is 1. The van der Waals surface area contributed by atoms with Crippen molar-refractivity contribution < 1.29 is 28.5 Å². The number of thiophene rings is 1. The van der Waals surface area contributed by atoms with Gasteiger partial charge in [0.25, 0.3) is 5.91 Å². The highest BCUT2D eigenvalue weighted by Crippen LogP contribution is 2.46. The molecule has 2 aromatic rings. The maximum atomic E-state index is 13.2. The number of esters is 1. The average Bonchev–Trinajstić information content (AvgIpc) is 3.19. The minimum absolute atomic E-state index is 0.215. The Morgan fingerprint density at radius 1 is 1.09 bits per heavy atom. The molecule has 0 aliphatic heterocycles. The van der Waals surface area contributed by atoms with Crippen LogP contribution < -0.4 is 19.5 Å². The summed E-state index contributed by atoms with van der Waals surface area (Å²) < 4.78 is 21.1. The van der Waals surface area contributed by atoms with Crippen LogP contribution in [0.15, 0.2) is 12.1 Å². The molecule has 8 heteroatoms. The first-order valence-electron chi connectivity index (χ1n) is 11.0. The zero-order chi connectivity index (χ0) is 24.3. The average molecular weight is 476 g/mol. The third kappa shape index (κ3) is 4.81.